The van der Waals surface area contributed by atoms with E-state index in [0.717, 1.165) is 16.8 Å². The first kappa shape index (κ1) is 20.4. The summed E-state index contributed by atoms with van der Waals surface area (Å²) in [5, 5.41) is 6.62. The van der Waals surface area contributed by atoms with E-state index < -0.39 is 5.41 Å². The summed E-state index contributed by atoms with van der Waals surface area (Å²) >= 11 is 5.89. The maximum atomic E-state index is 12.9. The standard InChI is InChI=1S/C23H27ClN2O2/c1-22(2,3)18-6-4-5-7-19(18)26-21(28)23(13-14-23)20(27)25-15-12-16-8-10-17(24)11-9-16/h4-11H,12-15H2,1-3H3,(H,25,27)(H,26,28). The second-order valence-corrected chi connectivity index (χ2v) is 8.90. The number of hydrogen-bond acceptors (Lipinski definition) is 2. The Bertz CT molecular complexity index is 865. The van der Waals surface area contributed by atoms with Crippen molar-refractivity contribution in [1.82, 2.24) is 5.32 Å². The highest BCUT2D eigenvalue weighted by Crippen LogP contribution is 2.47. The smallest absolute Gasteiger partial charge is 0.240 e. The Hall–Kier alpha value is -2.33. The number of amides is 2. The molecule has 0 aromatic heterocycles. The molecule has 0 unspecified atom stereocenters. The summed E-state index contributed by atoms with van der Waals surface area (Å²) < 4.78 is 0. The second-order valence-electron chi connectivity index (χ2n) is 8.46. The molecular weight excluding hydrogens is 372 g/mol. The topological polar surface area (TPSA) is 58.2 Å². The molecule has 2 N–H and O–H groups in total. The van der Waals surface area contributed by atoms with Gasteiger partial charge in [0.1, 0.15) is 5.41 Å². The van der Waals surface area contributed by atoms with E-state index >= 15 is 0 Å². The molecule has 5 heteroatoms. The largest absolute Gasteiger partial charge is 0.355 e. The molecule has 1 saturated carbocycles. The summed E-state index contributed by atoms with van der Waals surface area (Å²) in [6.45, 7) is 6.81. The van der Waals surface area contributed by atoms with E-state index in [4.69, 9.17) is 11.6 Å². The van der Waals surface area contributed by atoms with E-state index in [1.807, 2.05) is 48.5 Å². The number of carbonyl (C=O) groups excluding carboxylic acids is 2. The Morgan fingerprint density at radius 2 is 1.64 bits per heavy atom. The van der Waals surface area contributed by atoms with E-state index in [1.54, 1.807) is 0 Å². The third-order valence-corrected chi connectivity index (χ3v) is 5.47. The number of halogens is 1. The first-order chi connectivity index (χ1) is 13.2. The van der Waals surface area contributed by atoms with Crippen molar-refractivity contribution < 1.29 is 9.59 Å². The minimum Gasteiger partial charge on any atom is -0.355 e. The molecule has 4 nitrogen and oxygen atoms in total. The van der Waals surface area contributed by atoms with Gasteiger partial charge in [-0.15, -0.1) is 0 Å². The number of benzene rings is 2. The van der Waals surface area contributed by atoms with Crippen LogP contribution in [0.5, 0.6) is 0 Å². The van der Waals surface area contributed by atoms with Gasteiger partial charge in [0.05, 0.1) is 0 Å². The van der Waals surface area contributed by atoms with Gasteiger partial charge >= 0.3 is 0 Å². The Labute approximate surface area is 171 Å². The lowest BCUT2D eigenvalue weighted by Gasteiger charge is -2.24. The average molecular weight is 399 g/mol. The van der Waals surface area contributed by atoms with E-state index in [-0.39, 0.29) is 17.2 Å². The number of carbonyl (C=O) groups is 2. The number of para-hydroxylation sites is 1. The zero-order chi connectivity index (χ0) is 20.4. The van der Waals surface area contributed by atoms with Crippen molar-refractivity contribution in [2.24, 2.45) is 5.41 Å². The quantitative estimate of drug-likeness (QED) is 0.692. The van der Waals surface area contributed by atoms with Gasteiger partial charge in [-0.25, -0.2) is 0 Å². The van der Waals surface area contributed by atoms with Crippen LogP contribution in [0.2, 0.25) is 5.02 Å². The molecule has 2 amide bonds. The summed E-state index contributed by atoms with van der Waals surface area (Å²) in [6.07, 6.45) is 1.88. The monoisotopic (exact) mass is 398 g/mol. The normalized spacial score (nSPS) is 15.0. The fourth-order valence-electron chi connectivity index (χ4n) is 3.31. The predicted octanol–water partition coefficient (Wildman–Crippen LogP) is 4.72. The Balaban J connectivity index is 1.61. The number of nitrogens with one attached hydrogen (secondary N) is 2. The van der Waals surface area contributed by atoms with E-state index in [2.05, 4.69) is 31.4 Å². The number of anilines is 1. The van der Waals surface area contributed by atoms with Gasteiger partial charge in [0, 0.05) is 17.3 Å². The van der Waals surface area contributed by atoms with Gasteiger partial charge in [-0.2, -0.15) is 0 Å². The summed E-state index contributed by atoms with van der Waals surface area (Å²) in [7, 11) is 0. The lowest BCUT2D eigenvalue weighted by molar-refractivity contribution is -0.134. The summed E-state index contributed by atoms with van der Waals surface area (Å²) in [5.74, 6) is -0.402. The van der Waals surface area contributed by atoms with Gasteiger partial charge in [-0.3, -0.25) is 9.59 Å². The molecule has 0 radical (unpaired) electrons. The second kappa shape index (κ2) is 7.96. The number of rotatable bonds is 6. The van der Waals surface area contributed by atoms with Crippen LogP contribution in [0.3, 0.4) is 0 Å². The first-order valence-electron chi connectivity index (χ1n) is 9.66. The maximum absolute atomic E-state index is 12.9. The van der Waals surface area contributed by atoms with Gasteiger partial charge in [-0.1, -0.05) is 62.7 Å². The molecule has 1 aliphatic carbocycles. The molecule has 2 aromatic carbocycles. The minimum atomic E-state index is -0.939. The van der Waals surface area contributed by atoms with Gasteiger partial charge in [0.2, 0.25) is 11.8 Å². The van der Waals surface area contributed by atoms with E-state index in [1.165, 1.54) is 0 Å². The molecule has 1 fully saturated rings. The Morgan fingerprint density at radius 1 is 1.00 bits per heavy atom. The molecule has 0 atom stereocenters. The van der Waals surface area contributed by atoms with Crippen molar-refractivity contribution >= 4 is 29.1 Å². The summed E-state index contributed by atoms with van der Waals surface area (Å²) in [6, 6.07) is 15.3. The molecular formula is C23H27ClN2O2. The van der Waals surface area contributed by atoms with Crippen LogP contribution in [0, 0.1) is 5.41 Å². The maximum Gasteiger partial charge on any atom is 0.240 e. The molecule has 0 aliphatic heterocycles. The van der Waals surface area contributed by atoms with Crippen molar-refractivity contribution in [3.63, 3.8) is 0 Å². The first-order valence-corrected chi connectivity index (χ1v) is 10.0. The third kappa shape index (κ3) is 4.56. The van der Waals surface area contributed by atoms with Gasteiger partial charge < -0.3 is 10.6 Å². The predicted molar refractivity (Wildman–Crippen MR) is 114 cm³/mol. The SMILES string of the molecule is CC(C)(C)c1ccccc1NC(=O)C1(C(=O)NCCc2ccc(Cl)cc2)CC1. The van der Waals surface area contributed by atoms with E-state index in [9.17, 15) is 9.59 Å². The Morgan fingerprint density at radius 3 is 2.25 bits per heavy atom. The lowest BCUT2D eigenvalue weighted by atomic mass is 9.85. The molecule has 0 bridgehead atoms. The van der Waals surface area contributed by atoms with Crippen LogP contribution in [0.4, 0.5) is 5.69 Å². The highest BCUT2D eigenvalue weighted by Gasteiger charge is 2.56. The summed E-state index contributed by atoms with van der Waals surface area (Å²) in [4.78, 5) is 25.6. The van der Waals surface area contributed by atoms with Crippen LogP contribution in [0.1, 0.15) is 44.7 Å². The van der Waals surface area contributed by atoms with Gasteiger partial charge in [0.25, 0.3) is 0 Å². The molecule has 1 aliphatic rings. The molecule has 3 rings (SSSR count). The average Bonchev–Trinajstić information content (AvgIpc) is 3.45. The zero-order valence-corrected chi connectivity index (χ0v) is 17.4. The molecule has 0 spiro atoms. The fraction of sp³-hybridized carbons (Fsp3) is 0.391. The van der Waals surface area contributed by atoms with Crippen molar-refractivity contribution in [2.45, 2.75) is 45.4 Å². The van der Waals surface area contributed by atoms with Gasteiger partial charge in [-0.05, 0) is 54.0 Å². The number of hydrogen-bond donors (Lipinski definition) is 2. The van der Waals surface area contributed by atoms with Crippen molar-refractivity contribution in [1.29, 1.82) is 0 Å². The van der Waals surface area contributed by atoms with Crippen molar-refractivity contribution in [2.75, 3.05) is 11.9 Å². The van der Waals surface area contributed by atoms with E-state index in [0.29, 0.717) is 30.8 Å². The summed E-state index contributed by atoms with van der Waals surface area (Å²) in [5.41, 5.74) is 1.90. The minimum absolute atomic E-state index is 0.0958. The molecule has 148 valence electrons. The highest BCUT2D eigenvalue weighted by atomic mass is 35.5. The van der Waals surface area contributed by atoms with Crippen molar-refractivity contribution in [3.05, 3.63) is 64.7 Å². The van der Waals surface area contributed by atoms with Crippen LogP contribution in [-0.4, -0.2) is 18.4 Å². The molecule has 0 heterocycles. The van der Waals surface area contributed by atoms with Crippen LogP contribution < -0.4 is 10.6 Å². The van der Waals surface area contributed by atoms with Crippen LogP contribution in [0.15, 0.2) is 48.5 Å². The zero-order valence-electron chi connectivity index (χ0n) is 16.6. The fourth-order valence-corrected chi connectivity index (χ4v) is 3.44. The van der Waals surface area contributed by atoms with Crippen LogP contribution in [-0.2, 0) is 21.4 Å². The van der Waals surface area contributed by atoms with Crippen LogP contribution >= 0.6 is 11.6 Å². The lowest BCUT2D eigenvalue weighted by Crippen LogP contribution is -2.41. The molecule has 2 aromatic rings. The molecule has 0 saturated heterocycles. The molecule has 28 heavy (non-hydrogen) atoms. The van der Waals surface area contributed by atoms with Crippen LogP contribution in [0.25, 0.3) is 0 Å². The third-order valence-electron chi connectivity index (χ3n) is 5.22. The Kier molecular flexibility index (Phi) is 5.80. The van der Waals surface area contributed by atoms with Crippen molar-refractivity contribution in [3.8, 4) is 0 Å². The van der Waals surface area contributed by atoms with Gasteiger partial charge in [0.15, 0.2) is 0 Å². The highest BCUT2D eigenvalue weighted by molar-refractivity contribution is 6.30.